The van der Waals surface area contributed by atoms with E-state index in [9.17, 15) is 4.79 Å². The minimum atomic E-state index is -0.0716. The van der Waals surface area contributed by atoms with Gasteiger partial charge in [0.1, 0.15) is 6.33 Å². The summed E-state index contributed by atoms with van der Waals surface area (Å²) in [7, 11) is 1.91. The predicted molar refractivity (Wildman–Crippen MR) is 92.9 cm³/mol. The summed E-state index contributed by atoms with van der Waals surface area (Å²) in [6, 6.07) is 7.77. The van der Waals surface area contributed by atoms with Crippen LogP contribution >= 0.6 is 11.8 Å². The first-order valence-corrected chi connectivity index (χ1v) is 8.90. The van der Waals surface area contributed by atoms with Crippen molar-refractivity contribution in [1.29, 1.82) is 0 Å². The SMILES string of the molecule is CC(C)[C@H]1OCC[C@@H]1C(=O)Nc1ccc(Sc2nncn2C)cc1. The van der Waals surface area contributed by atoms with Crippen molar-refractivity contribution in [3.63, 3.8) is 0 Å². The molecule has 0 aliphatic carbocycles. The van der Waals surface area contributed by atoms with Gasteiger partial charge in [0.05, 0.1) is 12.0 Å². The summed E-state index contributed by atoms with van der Waals surface area (Å²) < 4.78 is 7.56. The highest BCUT2D eigenvalue weighted by atomic mass is 32.2. The number of aromatic nitrogens is 3. The van der Waals surface area contributed by atoms with Crippen LogP contribution in [0.5, 0.6) is 0 Å². The third kappa shape index (κ3) is 3.79. The van der Waals surface area contributed by atoms with Gasteiger partial charge in [-0.25, -0.2) is 0 Å². The lowest BCUT2D eigenvalue weighted by Crippen LogP contribution is -2.32. The monoisotopic (exact) mass is 346 g/mol. The van der Waals surface area contributed by atoms with E-state index in [1.807, 2.05) is 35.9 Å². The van der Waals surface area contributed by atoms with Crippen molar-refractivity contribution in [3.8, 4) is 0 Å². The Labute approximate surface area is 146 Å². The lowest BCUT2D eigenvalue weighted by Gasteiger charge is -2.21. The number of nitrogens with zero attached hydrogens (tertiary/aromatic N) is 3. The van der Waals surface area contributed by atoms with E-state index >= 15 is 0 Å². The largest absolute Gasteiger partial charge is 0.377 e. The summed E-state index contributed by atoms with van der Waals surface area (Å²) in [4.78, 5) is 13.5. The van der Waals surface area contributed by atoms with Crippen molar-refractivity contribution in [2.75, 3.05) is 11.9 Å². The number of carbonyl (C=O) groups excluding carboxylic acids is 1. The van der Waals surface area contributed by atoms with Crippen molar-refractivity contribution >= 4 is 23.4 Å². The number of anilines is 1. The minimum absolute atomic E-state index is 0.00995. The fourth-order valence-electron chi connectivity index (χ4n) is 2.86. The van der Waals surface area contributed by atoms with Crippen molar-refractivity contribution in [2.45, 2.75) is 36.4 Å². The first kappa shape index (κ1) is 17.0. The molecule has 6 nitrogen and oxygen atoms in total. The molecule has 3 rings (SSSR count). The Hall–Kier alpha value is -1.86. The molecule has 7 heteroatoms. The van der Waals surface area contributed by atoms with E-state index in [1.165, 1.54) is 11.8 Å². The highest BCUT2D eigenvalue weighted by molar-refractivity contribution is 7.99. The van der Waals surface area contributed by atoms with Gasteiger partial charge in [-0.3, -0.25) is 4.79 Å². The topological polar surface area (TPSA) is 69.0 Å². The molecule has 128 valence electrons. The highest BCUT2D eigenvalue weighted by Crippen LogP contribution is 2.29. The Morgan fingerprint density at radius 2 is 2.12 bits per heavy atom. The summed E-state index contributed by atoms with van der Waals surface area (Å²) in [5.41, 5.74) is 0.803. The van der Waals surface area contributed by atoms with Gasteiger partial charge < -0.3 is 14.6 Å². The van der Waals surface area contributed by atoms with Crippen LogP contribution in [-0.2, 0) is 16.6 Å². The van der Waals surface area contributed by atoms with Crippen LogP contribution in [0, 0.1) is 11.8 Å². The second-order valence-corrected chi connectivity index (χ2v) is 7.36. The second-order valence-electron chi connectivity index (χ2n) is 6.31. The lowest BCUT2D eigenvalue weighted by molar-refractivity contribution is -0.122. The molecule has 2 heterocycles. The number of ether oxygens (including phenoxy) is 1. The van der Waals surface area contributed by atoms with Gasteiger partial charge in [0.25, 0.3) is 0 Å². The number of nitrogens with one attached hydrogen (secondary N) is 1. The molecule has 1 N–H and O–H groups in total. The van der Waals surface area contributed by atoms with Crippen LogP contribution in [0.4, 0.5) is 5.69 Å². The quantitative estimate of drug-likeness (QED) is 0.901. The number of benzene rings is 1. The number of aryl methyl sites for hydroxylation is 1. The molecule has 0 spiro atoms. The zero-order valence-corrected chi connectivity index (χ0v) is 14.9. The number of carbonyl (C=O) groups is 1. The van der Waals surface area contributed by atoms with Gasteiger partial charge in [0.15, 0.2) is 5.16 Å². The highest BCUT2D eigenvalue weighted by Gasteiger charge is 2.35. The van der Waals surface area contributed by atoms with Crippen LogP contribution in [0.25, 0.3) is 0 Å². The van der Waals surface area contributed by atoms with E-state index in [0.29, 0.717) is 12.5 Å². The average Bonchev–Trinajstić information content (AvgIpc) is 3.19. The first-order valence-electron chi connectivity index (χ1n) is 8.09. The van der Waals surface area contributed by atoms with Crippen molar-refractivity contribution in [2.24, 2.45) is 18.9 Å². The fourth-order valence-corrected chi connectivity index (χ4v) is 3.62. The van der Waals surface area contributed by atoms with Gasteiger partial charge in [-0.05, 0) is 48.4 Å². The smallest absolute Gasteiger partial charge is 0.230 e. The molecule has 1 aromatic carbocycles. The Balaban J connectivity index is 1.62. The van der Waals surface area contributed by atoms with E-state index in [1.54, 1.807) is 6.33 Å². The maximum atomic E-state index is 12.5. The molecule has 0 radical (unpaired) electrons. The molecule has 1 amide bonds. The number of hydrogen-bond donors (Lipinski definition) is 1. The van der Waals surface area contributed by atoms with Crippen LogP contribution in [0.1, 0.15) is 20.3 Å². The molecule has 1 fully saturated rings. The van der Waals surface area contributed by atoms with Crippen LogP contribution < -0.4 is 5.32 Å². The standard InChI is InChI=1S/C17H22N4O2S/c1-11(2)15-14(8-9-23-15)16(22)19-12-4-6-13(7-5-12)24-17-20-18-10-21(17)3/h4-7,10-11,14-15H,8-9H2,1-3H3,(H,19,22)/t14-,15+/m0/s1. The summed E-state index contributed by atoms with van der Waals surface area (Å²) in [5, 5.41) is 11.7. The molecule has 24 heavy (non-hydrogen) atoms. The summed E-state index contributed by atoms with van der Waals surface area (Å²) >= 11 is 1.53. The van der Waals surface area contributed by atoms with Gasteiger partial charge in [0, 0.05) is 24.2 Å². The molecular formula is C17H22N4O2S. The third-order valence-corrected chi connectivity index (χ3v) is 5.19. The first-order chi connectivity index (χ1) is 11.5. The Morgan fingerprint density at radius 3 is 2.75 bits per heavy atom. The molecule has 0 saturated carbocycles. The fraction of sp³-hybridized carbons (Fsp3) is 0.471. The maximum Gasteiger partial charge on any atom is 0.230 e. The zero-order chi connectivity index (χ0) is 17.1. The van der Waals surface area contributed by atoms with E-state index in [0.717, 1.165) is 22.2 Å². The molecule has 1 aliphatic rings. The van der Waals surface area contributed by atoms with Crippen LogP contribution in [0.3, 0.4) is 0 Å². The van der Waals surface area contributed by atoms with Crippen LogP contribution in [0.2, 0.25) is 0 Å². The average molecular weight is 346 g/mol. The zero-order valence-electron chi connectivity index (χ0n) is 14.1. The molecule has 2 aromatic rings. The van der Waals surface area contributed by atoms with Gasteiger partial charge >= 0.3 is 0 Å². The number of amides is 1. The van der Waals surface area contributed by atoms with E-state index < -0.39 is 0 Å². The number of rotatable bonds is 5. The van der Waals surface area contributed by atoms with E-state index in [-0.39, 0.29) is 17.9 Å². The molecule has 0 unspecified atom stereocenters. The molecule has 1 aromatic heterocycles. The Morgan fingerprint density at radius 1 is 1.38 bits per heavy atom. The van der Waals surface area contributed by atoms with Gasteiger partial charge in [-0.1, -0.05) is 13.8 Å². The minimum Gasteiger partial charge on any atom is -0.377 e. The van der Waals surface area contributed by atoms with Gasteiger partial charge in [0.2, 0.25) is 5.91 Å². The molecule has 0 bridgehead atoms. The summed E-state index contributed by atoms with van der Waals surface area (Å²) in [5.74, 6) is 0.311. The Kier molecular flexibility index (Phi) is 5.20. The molecular weight excluding hydrogens is 324 g/mol. The van der Waals surface area contributed by atoms with Crippen molar-refractivity contribution in [1.82, 2.24) is 14.8 Å². The summed E-state index contributed by atoms with van der Waals surface area (Å²) in [6.45, 7) is 4.84. The Bertz CT molecular complexity index is 699. The molecule has 1 saturated heterocycles. The van der Waals surface area contributed by atoms with Gasteiger partial charge in [-0.2, -0.15) is 0 Å². The predicted octanol–water partition coefficient (Wildman–Crippen LogP) is 2.97. The number of hydrogen-bond acceptors (Lipinski definition) is 5. The summed E-state index contributed by atoms with van der Waals surface area (Å²) in [6.07, 6.45) is 2.47. The second kappa shape index (κ2) is 7.36. The van der Waals surface area contributed by atoms with Crippen LogP contribution in [0.15, 0.2) is 40.6 Å². The molecule has 1 aliphatic heterocycles. The third-order valence-electron chi connectivity index (χ3n) is 4.13. The van der Waals surface area contributed by atoms with Crippen molar-refractivity contribution in [3.05, 3.63) is 30.6 Å². The lowest BCUT2D eigenvalue weighted by atomic mass is 9.92. The van der Waals surface area contributed by atoms with Crippen LogP contribution in [-0.4, -0.2) is 33.4 Å². The van der Waals surface area contributed by atoms with E-state index in [2.05, 4.69) is 29.4 Å². The normalized spacial score (nSPS) is 20.5. The molecule has 2 atom stereocenters. The van der Waals surface area contributed by atoms with Gasteiger partial charge in [-0.15, -0.1) is 10.2 Å². The maximum absolute atomic E-state index is 12.5. The van der Waals surface area contributed by atoms with E-state index in [4.69, 9.17) is 4.74 Å². The van der Waals surface area contributed by atoms with Crippen molar-refractivity contribution < 1.29 is 9.53 Å².